The number of piperazine rings is 1. The van der Waals surface area contributed by atoms with E-state index in [0.717, 1.165) is 12.1 Å². The zero-order valence-corrected chi connectivity index (χ0v) is 23.2. The molecule has 34 heavy (non-hydrogen) atoms. The van der Waals surface area contributed by atoms with Crippen LogP contribution in [0.25, 0.3) is 22.4 Å². The molecule has 10 nitrogen and oxygen atoms in total. The number of aryl methyl sites for hydroxylation is 2. The zero-order valence-electron chi connectivity index (χ0n) is 20.4. The smallest absolute Gasteiger partial charge is 0.857 e. The Labute approximate surface area is 222 Å². The molecule has 1 aromatic carbocycles. The number of hydrogen-bond acceptors (Lipinski definition) is 8. The van der Waals surface area contributed by atoms with E-state index in [1.807, 2.05) is 20.9 Å². The van der Waals surface area contributed by atoms with Crippen molar-refractivity contribution in [2.24, 2.45) is 7.05 Å². The molecule has 1 aliphatic rings. The third-order valence-electron chi connectivity index (χ3n) is 5.80. The van der Waals surface area contributed by atoms with E-state index >= 15 is 0 Å². The Morgan fingerprint density at radius 2 is 1.79 bits per heavy atom. The molecule has 1 aliphatic heterocycles. The molecule has 2 aromatic heterocycles. The minimum absolute atomic E-state index is 0. The minimum atomic E-state index is -3.71. The second kappa shape index (κ2) is 10.9. The summed E-state index contributed by atoms with van der Waals surface area (Å²) in [5, 5.41) is 17.3. The molecule has 0 radical (unpaired) electrons. The molecule has 178 valence electrons. The number of benzene rings is 1. The summed E-state index contributed by atoms with van der Waals surface area (Å²) in [4.78, 5) is 11.0. The first-order chi connectivity index (χ1) is 15.8. The Bertz CT molecular complexity index is 1270. The molecular weight excluding hydrogens is 467 g/mol. The van der Waals surface area contributed by atoms with Crippen molar-refractivity contribution in [3.63, 3.8) is 0 Å². The predicted molar refractivity (Wildman–Crippen MR) is 123 cm³/mol. The second-order valence-corrected chi connectivity index (χ2v) is 10.1. The van der Waals surface area contributed by atoms with Gasteiger partial charge in [-0.3, -0.25) is 4.68 Å². The van der Waals surface area contributed by atoms with Crippen LogP contribution in [0.15, 0.2) is 23.1 Å². The molecular formula is C22H29N6NaO4S. The number of sulfonamides is 1. The van der Waals surface area contributed by atoms with E-state index in [-0.39, 0.29) is 40.3 Å². The van der Waals surface area contributed by atoms with Crippen molar-refractivity contribution in [1.29, 1.82) is 0 Å². The van der Waals surface area contributed by atoms with Gasteiger partial charge in [0, 0.05) is 39.1 Å². The van der Waals surface area contributed by atoms with Crippen molar-refractivity contribution in [2.45, 2.75) is 31.6 Å². The van der Waals surface area contributed by atoms with Gasteiger partial charge in [0.05, 0.1) is 28.3 Å². The van der Waals surface area contributed by atoms with Crippen LogP contribution in [-0.2, 0) is 23.5 Å². The van der Waals surface area contributed by atoms with Gasteiger partial charge in [0.1, 0.15) is 11.3 Å². The Balaban J connectivity index is 0.00000324. The minimum Gasteiger partial charge on any atom is -0.857 e. The average molecular weight is 497 g/mol. The first kappa shape index (κ1) is 26.8. The summed E-state index contributed by atoms with van der Waals surface area (Å²) < 4.78 is 35.4. The molecule has 4 rings (SSSR count). The van der Waals surface area contributed by atoms with Crippen LogP contribution in [0, 0.1) is 0 Å². The third kappa shape index (κ3) is 5.09. The monoisotopic (exact) mass is 496 g/mol. The second-order valence-electron chi connectivity index (χ2n) is 8.17. The van der Waals surface area contributed by atoms with Crippen molar-refractivity contribution < 1.29 is 47.8 Å². The van der Waals surface area contributed by atoms with Gasteiger partial charge in [-0.15, -0.1) is 0 Å². The molecule has 3 heterocycles. The van der Waals surface area contributed by atoms with Crippen molar-refractivity contribution in [1.82, 2.24) is 29.0 Å². The maximum absolute atomic E-state index is 13.3. The molecule has 1 saturated heterocycles. The Morgan fingerprint density at radius 1 is 1.09 bits per heavy atom. The maximum atomic E-state index is 13.3. The Morgan fingerprint density at radius 3 is 2.44 bits per heavy atom. The summed E-state index contributed by atoms with van der Waals surface area (Å²) in [5.74, 6) is 0.105. The van der Waals surface area contributed by atoms with E-state index < -0.39 is 15.9 Å². The van der Waals surface area contributed by atoms with Crippen LogP contribution in [0.5, 0.6) is 11.6 Å². The number of likely N-dealkylation sites (N-methyl/N-ethyl adjacent to an activating group) is 1. The van der Waals surface area contributed by atoms with E-state index in [9.17, 15) is 13.5 Å². The summed E-state index contributed by atoms with van der Waals surface area (Å²) in [6.45, 7) is 6.42. The van der Waals surface area contributed by atoms with Gasteiger partial charge in [0.2, 0.25) is 10.0 Å². The number of ether oxygens (including phenoxy) is 1. The van der Waals surface area contributed by atoms with Gasteiger partial charge < -0.3 is 14.7 Å². The van der Waals surface area contributed by atoms with Crippen LogP contribution < -0.4 is 39.4 Å². The summed E-state index contributed by atoms with van der Waals surface area (Å²) >= 11 is 0. The number of fused-ring (bicyclic) bond motifs is 1. The van der Waals surface area contributed by atoms with Crippen molar-refractivity contribution in [2.75, 3.05) is 39.8 Å². The van der Waals surface area contributed by atoms with E-state index in [0.29, 0.717) is 61.6 Å². The molecule has 0 amide bonds. The van der Waals surface area contributed by atoms with Crippen LogP contribution in [0.2, 0.25) is 0 Å². The summed E-state index contributed by atoms with van der Waals surface area (Å²) in [6.07, 6.45) is 1.52. The van der Waals surface area contributed by atoms with Crippen LogP contribution in [-0.4, -0.2) is 77.2 Å². The quantitative estimate of drug-likeness (QED) is 0.359. The fourth-order valence-electron chi connectivity index (χ4n) is 4.03. The zero-order chi connectivity index (χ0) is 23.8. The van der Waals surface area contributed by atoms with Crippen LogP contribution >= 0.6 is 0 Å². The molecule has 3 aromatic rings. The van der Waals surface area contributed by atoms with Crippen LogP contribution in [0.3, 0.4) is 0 Å². The number of aromatic nitrogens is 4. The van der Waals surface area contributed by atoms with Gasteiger partial charge >= 0.3 is 29.6 Å². The number of rotatable bonds is 7. The molecule has 0 atom stereocenters. The summed E-state index contributed by atoms with van der Waals surface area (Å²) in [5.41, 5.74) is 1.91. The molecule has 12 heteroatoms. The Kier molecular flexibility index (Phi) is 8.59. The molecule has 0 aliphatic carbocycles. The average Bonchev–Trinajstić information content (AvgIpc) is 3.10. The van der Waals surface area contributed by atoms with E-state index in [4.69, 9.17) is 4.74 Å². The molecule has 0 spiro atoms. The first-order valence-corrected chi connectivity index (χ1v) is 12.6. The third-order valence-corrected chi connectivity index (χ3v) is 7.69. The largest absolute Gasteiger partial charge is 1.00 e. The van der Waals surface area contributed by atoms with Gasteiger partial charge in [-0.2, -0.15) is 9.40 Å². The summed E-state index contributed by atoms with van der Waals surface area (Å²) in [6, 6.07) is 4.65. The van der Waals surface area contributed by atoms with Gasteiger partial charge in [0.15, 0.2) is 5.82 Å². The normalized spacial score (nSPS) is 15.4. The van der Waals surface area contributed by atoms with Gasteiger partial charge in [0.25, 0.3) is 0 Å². The number of nitrogens with zero attached hydrogens (tertiary/aromatic N) is 6. The standard InChI is InChI=1S/C22H30N6O4S.Na/c1-5-7-17-19-20(27(4)25-17)22(29)24-21(23-19)16-14-15(8-9-18(16)32-6-2)33(30,31)28-12-10-26(3)11-13-28;/h8-9,14H,5-7,10-13H2,1-4H3,(H,23,24,29);/q;+1/p-1. The van der Waals surface area contributed by atoms with Gasteiger partial charge in [-0.05, 0) is 38.6 Å². The maximum Gasteiger partial charge on any atom is 1.00 e. The fourth-order valence-corrected chi connectivity index (χ4v) is 5.48. The number of hydrogen-bond donors (Lipinski definition) is 0. The molecule has 0 saturated carbocycles. The molecule has 0 N–H and O–H groups in total. The molecule has 1 fully saturated rings. The van der Waals surface area contributed by atoms with Crippen molar-refractivity contribution in [3.05, 3.63) is 23.9 Å². The van der Waals surface area contributed by atoms with Crippen LogP contribution in [0.1, 0.15) is 26.0 Å². The van der Waals surface area contributed by atoms with E-state index in [2.05, 4.69) is 20.0 Å². The van der Waals surface area contributed by atoms with Gasteiger partial charge in [-0.25, -0.2) is 18.4 Å². The fraction of sp³-hybridized carbons (Fsp3) is 0.500. The van der Waals surface area contributed by atoms with E-state index in [1.165, 1.54) is 21.1 Å². The van der Waals surface area contributed by atoms with Crippen LogP contribution in [0.4, 0.5) is 0 Å². The predicted octanol–water partition coefficient (Wildman–Crippen LogP) is -1.60. The van der Waals surface area contributed by atoms with Crippen molar-refractivity contribution >= 4 is 21.1 Å². The first-order valence-electron chi connectivity index (χ1n) is 11.1. The molecule has 0 unspecified atom stereocenters. The van der Waals surface area contributed by atoms with E-state index in [1.54, 1.807) is 13.1 Å². The van der Waals surface area contributed by atoms with Crippen molar-refractivity contribution in [3.8, 4) is 23.0 Å². The Hall–Kier alpha value is -1.76. The topological polar surface area (TPSA) is 117 Å². The molecule has 0 bridgehead atoms. The van der Waals surface area contributed by atoms with Gasteiger partial charge in [-0.1, -0.05) is 13.3 Å². The SMILES string of the molecule is CCCc1nn(C)c2c([O-])nc(-c3cc(S(=O)(=O)N4CCN(C)CC4)ccc3OCC)nc12.[Na+]. The summed E-state index contributed by atoms with van der Waals surface area (Å²) in [7, 11) is -0.0463.